The van der Waals surface area contributed by atoms with Gasteiger partial charge in [0.2, 0.25) is 5.91 Å². The van der Waals surface area contributed by atoms with Gasteiger partial charge in [-0.3, -0.25) is 4.79 Å². The van der Waals surface area contributed by atoms with Gasteiger partial charge in [0.05, 0.1) is 17.5 Å². The number of nitrogens with one attached hydrogen (secondary N) is 3. The van der Waals surface area contributed by atoms with Gasteiger partial charge < -0.3 is 20.7 Å². The summed E-state index contributed by atoms with van der Waals surface area (Å²) in [7, 11) is 1.83. The Morgan fingerprint density at radius 2 is 1.88 bits per heavy atom. The second-order valence-electron chi connectivity index (χ2n) is 7.56. The van der Waals surface area contributed by atoms with Crippen molar-refractivity contribution in [3.05, 3.63) is 78.0 Å². The van der Waals surface area contributed by atoms with Crippen LogP contribution in [0.25, 0.3) is 6.08 Å². The van der Waals surface area contributed by atoms with Crippen LogP contribution in [0.5, 0.6) is 5.75 Å². The highest BCUT2D eigenvalue weighted by atomic mass is 16.5. The average molecular weight is 431 g/mol. The van der Waals surface area contributed by atoms with Crippen molar-refractivity contribution in [2.24, 2.45) is 0 Å². The number of aromatic nitrogens is 1. The van der Waals surface area contributed by atoms with Crippen molar-refractivity contribution in [3.8, 4) is 5.75 Å². The number of pyridine rings is 1. The Bertz CT molecular complexity index is 1080. The molecule has 0 spiro atoms. The summed E-state index contributed by atoms with van der Waals surface area (Å²) >= 11 is 0. The molecule has 3 rings (SSSR count). The quantitative estimate of drug-likeness (QED) is 0.370. The van der Waals surface area contributed by atoms with Crippen molar-refractivity contribution in [3.63, 3.8) is 0 Å². The number of carbonyl (C=O) groups is 1. The normalized spacial score (nSPS) is 10.9. The molecule has 2 aromatic carbocycles. The van der Waals surface area contributed by atoms with E-state index in [9.17, 15) is 4.79 Å². The molecule has 1 heterocycles. The summed E-state index contributed by atoms with van der Waals surface area (Å²) in [5.41, 5.74) is 4.48. The molecule has 0 fully saturated rings. The molecule has 6 nitrogen and oxygen atoms in total. The first kappa shape index (κ1) is 22.9. The van der Waals surface area contributed by atoms with Crippen molar-refractivity contribution in [1.29, 1.82) is 0 Å². The zero-order valence-corrected chi connectivity index (χ0v) is 19.0. The number of benzene rings is 2. The maximum Gasteiger partial charge on any atom is 0.248 e. The molecule has 0 aliphatic carbocycles. The van der Waals surface area contributed by atoms with Gasteiger partial charge in [-0.1, -0.05) is 13.0 Å². The Morgan fingerprint density at radius 3 is 2.56 bits per heavy atom. The zero-order chi connectivity index (χ0) is 22.9. The topological polar surface area (TPSA) is 75.3 Å². The van der Waals surface area contributed by atoms with Gasteiger partial charge in [-0.2, -0.15) is 0 Å². The minimum Gasteiger partial charge on any atom is -0.491 e. The first-order valence-corrected chi connectivity index (χ1v) is 10.8. The molecule has 0 unspecified atom stereocenters. The van der Waals surface area contributed by atoms with E-state index in [0.717, 1.165) is 40.4 Å². The average Bonchev–Trinajstić information content (AvgIpc) is 2.79. The highest BCUT2D eigenvalue weighted by Gasteiger charge is 2.07. The maximum atomic E-state index is 12.6. The number of nitrogens with zero attached hydrogens (tertiary/aromatic N) is 1. The molecule has 0 aliphatic rings. The van der Waals surface area contributed by atoms with E-state index in [1.165, 1.54) is 6.08 Å². The number of amides is 1. The summed E-state index contributed by atoms with van der Waals surface area (Å²) in [5.74, 6) is 1.27. The summed E-state index contributed by atoms with van der Waals surface area (Å²) in [4.78, 5) is 17.0. The first-order chi connectivity index (χ1) is 15.5. The second-order valence-corrected chi connectivity index (χ2v) is 7.56. The Balaban J connectivity index is 1.71. The molecule has 0 saturated heterocycles. The summed E-state index contributed by atoms with van der Waals surface area (Å²) in [5, 5.41) is 9.36. The summed E-state index contributed by atoms with van der Waals surface area (Å²) in [6.45, 7) is 6.07. The SMILES string of the molecule is CCc1ccc(NC)c(NC(=O)/C=C/c2cccnc2Nc2ccc(OC(C)C)cc2)c1. The molecule has 1 aromatic heterocycles. The van der Waals surface area contributed by atoms with Crippen LogP contribution in [0.1, 0.15) is 31.9 Å². The smallest absolute Gasteiger partial charge is 0.248 e. The van der Waals surface area contributed by atoms with Crippen LogP contribution >= 0.6 is 0 Å². The zero-order valence-electron chi connectivity index (χ0n) is 19.0. The molecule has 6 heteroatoms. The van der Waals surface area contributed by atoms with E-state index in [4.69, 9.17) is 4.74 Å². The van der Waals surface area contributed by atoms with Crippen molar-refractivity contribution in [2.75, 3.05) is 23.0 Å². The van der Waals surface area contributed by atoms with Gasteiger partial charge in [0.15, 0.2) is 0 Å². The van der Waals surface area contributed by atoms with Gasteiger partial charge in [-0.15, -0.1) is 0 Å². The Hall–Kier alpha value is -3.80. The van der Waals surface area contributed by atoms with Crippen molar-refractivity contribution in [1.82, 2.24) is 4.98 Å². The molecular formula is C26H30N4O2. The lowest BCUT2D eigenvalue weighted by Crippen LogP contribution is -2.10. The molecule has 0 radical (unpaired) electrons. The molecule has 1 amide bonds. The number of rotatable bonds is 9. The van der Waals surface area contributed by atoms with Gasteiger partial charge in [0.1, 0.15) is 11.6 Å². The van der Waals surface area contributed by atoms with Crippen LogP contribution in [-0.2, 0) is 11.2 Å². The first-order valence-electron chi connectivity index (χ1n) is 10.8. The highest BCUT2D eigenvalue weighted by Crippen LogP contribution is 2.24. The van der Waals surface area contributed by atoms with Gasteiger partial charge in [-0.25, -0.2) is 4.98 Å². The van der Waals surface area contributed by atoms with E-state index >= 15 is 0 Å². The third-order valence-corrected chi connectivity index (χ3v) is 4.76. The third kappa shape index (κ3) is 6.35. The predicted molar refractivity (Wildman–Crippen MR) is 133 cm³/mol. The minimum atomic E-state index is -0.209. The fourth-order valence-corrected chi connectivity index (χ4v) is 3.16. The number of carbonyl (C=O) groups excluding carboxylic acids is 1. The van der Waals surface area contributed by atoms with E-state index in [1.807, 2.05) is 75.5 Å². The van der Waals surface area contributed by atoms with Crippen LogP contribution in [0.4, 0.5) is 22.9 Å². The van der Waals surface area contributed by atoms with Crippen molar-refractivity contribution in [2.45, 2.75) is 33.3 Å². The fraction of sp³-hybridized carbons (Fsp3) is 0.231. The van der Waals surface area contributed by atoms with Crippen LogP contribution in [-0.4, -0.2) is 24.0 Å². The lowest BCUT2D eigenvalue weighted by molar-refractivity contribution is -0.111. The molecule has 0 atom stereocenters. The van der Waals surface area contributed by atoms with Crippen LogP contribution in [0, 0.1) is 0 Å². The number of aryl methyl sites for hydroxylation is 1. The standard InChI is InChI=1S/C26H30N4O2/c1-5-19-8-14-23(27-4)24(17-19)30-25(31)15-9-20-7-6-16-28-26(20)29-21-10-12-22(13-11-21)32-18(2)3/h6-18,27H,5H2,1-4H3,(H,28,29)(H,30,31)/b15-9+. The van der Waals surface area contributed by atoms with Crippen molar-refractivity contribution < 1.29 is 9.53 Å². The molecule has 32 heavy (non-hydrogen) atoms. The van der Waals surface area contributed by atoms with Crippen LogP contribution in [0.3, 0.4) is 0 Å². The monoisotopic (exact) mass is 430 g/mol. The Morgan fingerprint density at radius 1 is 1.09 bits per heavy atom. The Labute approximate surface area is 189 Å². The maximum absolute atomic E-state index is 12.6. The lowest BCUT2D eigenvalue weighted by atomic mass is 10.1. The van der Waals surface area contributed by atoms with Crippen LogP contribution in [0.2, 0.25) is 0 Å². The van der Waals surface area contributed by atoms with Gasteiger partial charge in [0, 0.05) is 30.6 Å². The van der Waals surface area contributed by atoms with Gasteiger partial charge >= 0.3 is 0 Å². The van der Waals surface area contributed by atoms with E-state index < -0.39 is 0 Å². The second kappa shape index (κ2) is 11.0. The molecule has 3 N–H and O–H groups in total. The number of hydrogen-bond donors (Lipinski definition) is 3. The van der Waals surface area contributed by atoms with Crippen LogP contribution in [0.15, 0.2) is 66.9 Å². The largest absolute Gasteiger partial charge is 0.491 e. The van der Waals surface area contributed by atoms with Gasteiger partial charge in [0.25, 0.3) is 0 Å². The fourth-order valence-electron chi connectivity index (χ4n) is 3.16. The Kier molecular flexibility index (Phi) is 7.86. The molecule has 0 saturated carbocycles. The summed E-state index contributed by atoms with van der Waals surface area (Å²) in [6, 6.07) is 17.5. The molecule has 0 bridgehead atoms. The molecule has 3 aromatic rings. The molecular weight excluding hydrogens is 400 g/mol. The van der Waals surface area contributed by atoms with E-state index in [2.05, 4.69) is 27.9 Å². The predicted octanol–water partition coefficient (Wildman–Crippen LogP) is 5.87. The van der Waals surface area contributed by atoms with E-state index in [-0.39, 0.29) is 12.0 Å². The van der Waals surface area contributed by atoms with E-state index in [0.29, 0.717) is 5.82 Å². The van der Waals surface area contributed by atoms with E-state index in [1.54, 1.807) is 12.3 Å². The number of anilines is 4. The molecule has 166 valence electrons. The summed E-state index contributed by atoms with van der Waals surface area (Å²) in [6.07, 6.45) is 6.01. The lowest BCUT2D eigenvalue weighted by Gasteiger charge is -2.12. The minimum absolute atomic E-state index is 0.126. The number of hydrogen-bond acceptors (Lipinski definition) is 5. The van der Waals surface area contributed by atoms with Crippen LogP contribution < -0.4 is 20.7 Å². The summed E-state index contributed by atoms with van der Waals surface area (Å²) < 4.78 is 5.68. The van der Waals surface area contributed by atoms with Crippen molar-refractivity contribution >= 4 is 34.9 Å². The highest BCUT2D eigenvalue weighted by molar-refractivity contribution is 6.04. The number of ether oxygens (including phenoxy) is 1. The molecule has 0 aliphatic heterocycles. The third-order valence-electron chi connectivity index (χ3n) is 4.76. The van der Waals surface area contributed by atoms with Gasteiger partial charge in [-0.05, 0) is 80.4 Å².